The minimum Gasteiger partial charge on any atom is -0.493 e. The molecule has 1 aliphatic carbocycles. The Bertz CT molecular complexity index is 833. The molecule has 0 radical (unpaired) electrons. The van der Waals surface area contributed by atoms with Crippen LogP contribution in [0, 0.1) is 5.92 Å². The van der Waals surface area contributed by atoms with Crippen LogP contribution in [0.25, 0.3) is 0 Å². The van der Waals surface area contributed by atoms with E-state index in [2.05, 4.69) is 22.2 Å². The molecule has 29 heavy (non-hydrogen) atoms. The predicted molar refractivity (Wildman–Crippen MR) is 115 cm³/mol. The first kappa shape index (κ1) is 20.8. The first-order valence-electron chi connectivity index (χ1n) is 9.98. The lowest BCUT2D eigenvalue weighted by molar-refractivity contribution is 0.130. The lowest BCUT2D eigenvalue weighted by Gasteiger charge is -2.26. The van der Waals surface area contributed by atoms with Gasteiger partial charge in [-0.3, -0.25) is 0 Å². The van der Waals surface area contributed by atoms with E-state index >= 15 is 0 Å². The Balaban J connectivity index is 1.57. The molecule has 0 amide bonds. The molecule has 1 saturated carbocycles. The quantitative estimate of drug-likeness (QED) is 0.541. The summed E-state index contributed by atoms with van der Waals surface area (Å²) in [6, 6.07) is 9.33. The number of methoxy groups -OCH3 is 2. The third-order valence-corrected chi connectivity index (χ3v) is 5.14. The number of ether oxygens (including phenoxy) is 3. The van der Waals surface area contributed by atoms with Gasteiger partial charge in [0.1, 0.15) is 6.10 Å². The van der Waals surface area contributed by atoms with Gasteiger partial charge in [-0.1, -0.05) is 6.92 Å². The van der Waals surface area contributed by atoms with E-state index in [9.17, 15) is 0 Å². The first-order valence-corrected chi connectivity index (χ1v) is 9.98. The second-order valence-corrected chi connectivity index (χ2v) is 7.40. The van der Waals surface area contributed by atoms with Crippen LogP contribution in [0.4, 0.5) is 5.69 Å². The molecule has 0 atom stereocenters. The van der Waals surface area contributed by atoms with Crippen molar-refractivity contribution < 1.29 is 14.2 Å². The molecule has 1 aromatic carbocycles. The van der Waals surface area contributed by atoms with E-state index in [1.807, 2.05) is 30.3 Å². The number of hydrogen-bond donors (Lipinski definition) is 2. The van der Waals surface area contributed by atoms with Crippen molar-refractivity contribution in [3.63, 3.8) is 0 Å². The lowest BCUT2D eigenvalue weighted by Crippen LogP contribution is -2.23. The Hall–Kier alpha value is -2.96. The summed E-state index contributed by atoms with van der Waals surface area (Å²) in [6.45, 7) is 2.74. The van der Waals surface area contributed by atoms with Gasteiger partial charge >= 0.3 is 0 Å². The van der Waals surface area contributed by atoms with Gasteiger partial charge < -0.3 is 25.3 Å². The molecule has 0 saturated heterocycles. The van der Waals surface area contributed by atoms with Crippen molar-refractivity contribution in [3.05, 3.63) is 42.1 Å². The number of aliphatic imine (C=N–C) groups is 1. The van der Waals surface area contributed by atoms with Crippen LogP contribution in [0.2, 0.25) is 0 Å². The molecule has 0 unspecified atom stereocenters. The largest absolute Gasteiger partial charge is 0.493 e. The number of nitrogens with one attached hydrogen (secondary N) is 1. The normalized spacial score (nSPS) is 19.5. The Morgan fingerprint density at radius 3 is 2.59 bits per heavy atom. The fraction of sp³-hybridized carbons (Fsp3) is 0.455. The Kier molecular flexibility index (Phi) is 7.16. The molecule has 0 bridgehead atoms. The molecule has 156 valence electrons. The molecule has 7 heteroatoms. The summed E-state index contributed by atoms with van der Waals surface area (Å²) in [5, 5.41) is 3.07. The third kappa shape index (κ3) is 6.01. The van der Waals surface area contributed by atoms with E-state index in [1.165, 1.54) is 12.8 Å². The molecular weight excluding hydrogens is 368 g/mol. The molecule has 2 aromatic rings. The highest BCUT2D eigenvalue weighted by Crippen LogP contribution is 2.29. The summed E-state index contributed by atoms with van der Waals surface area (Å²) in [7, 11) is 3.19. The van der Waals surface area contributed by atoms with E-state index < -0.39 is 0 Å². The molecule has 7 nitrogen and oxygen atoms in total. The van der Waals surface area contributed by atoms with Gasteiger partial charge in [-0.2, -0.15) is 0 Å². The molecule has 1 heterocycles. The van der Waals surface area contributed by atoms with Crippen LogP contribution in [0.15, 0.2) is 41.5 Å². The number of aromatic nitrogens is 1. The van der Waals surface area contributed by atoms with Crippen LogP contribution in [0.5, 0.6) is 17.4 Å². The predicted octanol–water partition coefficient (Wildman–Crippen LogP) is 3.98. The molecule has 1 aromatic heterocycles. The van der Waals surface area contributed by atoms with Crippen molar-refractivity contribution in [2.75, 3.05) is 19.5 Å². The third-order valence-electron chi connectivity index (χ3n) is 5.14. The number of benzene rings is 1. The van der Waals surface area contributed by atoms with Gasteiger partial charge in [0.2, 0.25) is 5.88 Å². The van der Waals surface area contributed by atoms with Gasteiger partial charge in [-0.15, -0.1) is 0 Å². The molecule has 0 spiro atoms. The fourth-order valence-electron chi connectivity index (χ4n) is 3.41. The number of hydrogen-bond acceptors (Lipinski definition) is 5. The molecular formula is C22H30N4O3. The van der Waals surface area contributed by atoms with Gasteiger partial charge in [0, 0.05) is 24.0 Å². The summed E-state index contributed by atoms with van der Waals surface area (Å²) >= 11 is 0. The molecule has 1 fully saturated rings. The average molecular weight is 399 g/mol. The zero-order valence-electron chi connectivity index (χ0n) is 17.4. The van der Waals surface area contributed by atoms with Crippen molar-refractivity contribution >= 4 is 11.6 Å². The van der Waals surface area contributed by atoms with Crippen LogP contribution in [0.3, 0.4) is 0 Å². The standard InChI is InChI=1S/C22H30N4O3/c1-15-4-7-18(8-5-15)29-21-12-16(10-11-24-21)14-25-22(23)26-17-6-9-19(27-2)20(13-17)28-3/h6,9-13,15,18H,4-5,7-8,14H2,1-3H3,(H3,23,25,26). The zero-order valence-corrected chi connectivity index (χ0v) is 17.4. The number of nitrogens with two attached hydrogens (primary N) is 1. The van der Waals surface area contributed by atoms with Crippen LogP contribution >= 0.6 is 0 Å². The highest BCUT2D eigenvalue weighted by molar-refractivity contribution is 5.92. The fourth-order valence-corrected chi connectivity index (χ4v) is 3.41. The van der Waals surface area contributed by atoms with Gasteiger partial charge in [0.15, 0.2) is 17.5 Å². The molecule has 1 aliphatic rings. The highest BCUT2D eigenvalue weighted by Gasteiger charge is 2.19. The van der Waals surface area contributed by atoms with Crippen molar-refractivity contribution in [3.8, 4) is 17.4 Å². The van der Waals surface area contributed by atoms with Crippen LogP contribution in [-0.4, -0.2) is 31.3 Å². The second-order valence-electron chi connectivity index (χ2n) is 7.40. The number of rotatable bonds is 7. The second kappa shape index (κ2) is 10.0. The molecule has 3 rings (SSSR count). The summed E-state index contributed by atoms with van der Waals surface area (Å²) in [6.07, 6.45) is 6.62. The van der Waals surface area contributed by atoms with Crippen LogP contribution in [0.1, 0.15) is 38.2 Å². The van der Waals surface area contributed by atoms with Crippen molar-refractivity contribution in [2.45, 2.75) is 45.3 Å². The van der Waals surface area contributed by atoms with Gasteiger partial charge in [0.05, 0.1) is 20.8 Å². The number of anilines is 1. The average Bonchev–Trinajstić information content (AvgIpc) is 2.74. The number of guanidine groups is 1. The maximum absolute atomic E-state index is 6.06. The summed E-state index contributed by atoms with van der Waals surface area (Å²) in [4.78, 5) is 8.75. The number of pyridine rings is 1. The van der Waals surface area contributed by atoms with E-state index in [0.717, 1.165) is 30.0 Å². The van der Waals surface area contributed by atoms with Gasteiger partial charge in [0.25, 0.3) is 0 Å². The minimum absolute atomic E-state index is 0.259. The summed E-state index contributed by atoms with van der Waals surface area (Å²) < 4.78 is 16.6. The maximum atomic E-state index is 6.06. The topological polar surface area (TPSA) is 91.0 Å². The Morgan fingerprint density at radius 1 is 1.10 bits per heavy atom. The smallest absolute Gasteiger partial charge is 0.213 e. The van der Waals surface area contributed by atoms with E-state index in [-0.39, 0.29) is 6.10 Å². The first-order chi connectivity index (χ1) is 14.1. The lowest BCUT2D eigenvalue weighted by atomic mass is 9.89. The van der Waals surface area contributed by atoms with E-state index in [1.54, 1.807) is 20.4 Å². The van der Waals surface area contributed by atoms with Crippen molar-refractivity contribution in [2.24, 2.45) is 16.6 Å². The summed E-state index contributed by atoms with van der Waals surface area (Å²) in [5.74, 6) is 3.05. The minimum atomic E-state index is 0.259. The van der Waals surface area contributed by atoms with Crippen molar-refractivity contribution in [1.82, 2.24) is 4.98 Å². The SMILES string of the molecule is COc1ccc(NC(N)=NCc2ccnc(OC3CCC(C)CC3)c2)cc1OC. The Morgan fingerprint density at radius 2 is 1.86 bits per heavy atom. The molecule has 3 N–H and O–H groups in total. The van der Waals surface area contributed by atoms with Crippen LogP contribution in [-0.2, 0) is 6.54 Å². The van der Waals surface area contributed by atoms with Gasteiger partial charge in [-0.25, -0.2) is 9.98 Å². The highest BCUT2D eigenvalue weighted by atomic mass is 16.5. The Labute approximate surface area is 172 Å². The van der Waals surface area contributed by atoms with Crippen LogP contribution < -0.4 is 25.3 Å². The molecule has 0 aliphatic heterocycles. The van der Waals surface area contributed by atoms with E-state index in [4.69, 9.17) is 19.9 Å². The zero-order chi connectivity index (χ0) is 20.6. The van der Waals surface area contributed by atoms with Gasteiger partial charge in [-0.05, 0) is 55.4 Å². The monoisotopic (exact) mass is 398 g/mol. The van der Waals surface area contributed by atoms with Crippen molar-refractivity contribution in [1.29, 1.82) is 0 Å². The summed E-state index contributed by atoms with van der Waals surface area (Å²) in [5.41, 5.74) is 7.80. The maximum Gasteiger partial charge on any atom is 0.213 e. The van der Waals surface area contributed by atoms with E-state index in [0.29, 0.717) is 29.9 Å². The number of nitrogens with zero attached hydrogens (tertiary/aromatic N) is 2.